The van der Waals surface area contributed by atoms with Crippen molar-refractivity contribution in [2.75, 3.05) is 10.6 Å². The van der Waals surface area contributed by atoms with Crippen molar-refractivity contribution in [1.29, 1.82) is 0 Å². The zero-order valence-corrected chi connectivity index (χ0v) is 17.4. The first-order valence-electron chi connectivity index (χ1n) is 9.06. The molecule has 146 valence electrons. The Hall–Kier alpha value is -2.34. The predicted octanol–water partition coefficient (Wildman–Crippen LogP) is 3.73. The first-order chi connectivity index (χ1) is 12.6. The Balaban J connectivity index is 2.27. The Morgan fingerprint density at radius 3 is 2.22 bits per heavy atom. The molecule has 0 aliphatic heterocycles. The second-order valence-electron chi connectivity index (χ2n) is 6.95. The third-order valence-electron chi connectivity index (χ3n) is 4.55. The second kappa shape index (κ2) is 8.57. The van der Waals surface area contributed by atoms with E-state index in [9.17, 15) is 13.2 Å². The minimum atomic E-state index is -3.62. The average Bonchev–Trinajstić information content (AvgIpc) is 2.59. The van der Waals surface area contributed by atoms with Gasteiger partial charge in [-0.25, -0.2) is 8.42 Å². The molecule has 2 atom stereocenters. The van der Waals surface area contributed by atoms with Crippen LogP contribution < -0.4 is 9.62 Å². The van der Waals surface area contributed by atoms with Crippen molar-refractivity contribution in [3.8, 4) is 0 Å². The van der Waals surface area contributed by atoms with Gasteiger partial charge in [0.05, 0.1) is 18.0 Å². The van der Waals surface area contributed by atoms with E-state index in [1.807, 2.05) is 51.1 Å². The lowest BCUT2D eigenvalue weighted by Crippen LogP contribution is -2.48. The highest BCUT2D eigenvalue weighted by atomic mass is 32.2. The molecule has 0 aromatic heterocycles. The van der Waals surface area contributed by atoms with Crippen LogP contribution in [-0.2, 0) is 14.8 Å². The first-order valence-corrected chi connectivity index (χ1v) is 10.9. The van der Waals surface area contributed by atoms with Crippen molar-refractivity contribution < 1.29 is 13.2 Å². The Labute approximate surface area is 162 Å². The van der Waals surface area contributed by atoms with Gasteiger partial charge in [-0.1, -0.05) is 48.9 Å². The Morgan fingerprint density at radius 1 is 1.07 bits per heavy atom. The topological polar surface area (TPSA) is 66.5 Å². The van der Waals surface area contributed by atoms with E-state index < -0.39 is 16.1 Å². The van der Waals surface area contributed by atoms with Crippen LogP contribution >= 0.6 is 0 Å². The Kier molecular flexibility index (Phi) is 6.65. The summed E-state index contributed by atoms with van der Waals surface area (Å²) in [6.07, 6.45) is 1.83. The van der Waals surface area contributed by atoms with Crippen LogP contribution in [0.25, 0.3) is 0 Å². The summed E-state index contributed by atoms with van der Waals surface area (Å²) >= 11 is 0. The first kappa shape index (κ1) is 21.0. The van der Waals surface area contributed by atoms with Gasteiger partial charge in [-0.3, -0.25) is 9.10 Å². The lowest BCUT2D eigenvalue weighted by Gasteiger charge is -2.30. The fourth-order valence-electron chi connectivity index (χ4n) is 3.09. The van der Waals surface area contributed by atoms with Crippen molar-refractivity contribution in [3.05, 3.63) is 65.2 Å². The highest BCUT2D eigenvalue weighted by Gasteiger charge is 2.30. The molecule has 6 heteroatoms. The van der Waals surface area contributed by atoms with E-state index in [1.165, 1.54) is 4.31 Å². The molecule has 1 amide bonds. The molecule has 0 saturated heterocycles. The van der Waals surface area contributed by atoms with E-state index in [4.69, 9.17) is 0 Å². The van der Waals surface area contributed by atoms with E-state index in [1.54, 1.807) is 25.1 Å². The van der Waals surface area contributed by atoms with Gasteiger partial charge in [-0.2, -0.15) is 0 Å². The largest absolute Gasteiger partial charge is 0.347 e. The fourth-order valence-corrected chi connectivity index (χ4v) is 4.25. The molecule has 1 N–H and O–H groups in total. The van der Waals surface area contributed by atoms with Gasteiger partial charge in [-0.15, -0.1) is 0 Å². The number of nitrogens with one attached hydrogen (secondary N) is 1. The van der Waals surface area contributed by atoms with Gasteiger partial charge < -0.3 is 5.32 Å². The number of sulfonamides is 1. The zero-order valence-electron chi connectivity index (χ0n) is 16.6. The molecule has 0 saturated carbocycles. The maximum atomic E-state index is 12.9. The molecule has 0 radical (unpaired) electrons. The molecule has 2 rings (SSSR count). The second-order valence-corrected chi connectivity index (χ2v) is 8.81. The lowest BCUT2D eigenvalue weighted by atomic mass is 10.0. The van der Waals surface area contributed by atoms with Crippen LogP contribution in [0.1, 0.15) is 43.0 Å². The van der Waals surface area contributed by atoms with E-state index in [2.05, 4.69) is 5.32 Å². The van der Waals surface area contributed by atoms with Gasteiger partial charge in [0.2, 0.25) is 15.9 Å². The summed E-state index contributed by atoms with van der Waals surface area (Å²) in [6, 6.07) is 14.1. The number of aryl methyl sites for hydroxylation is 2. The molecule has 0 aliphatic rings. The van der Waals surface area contributed by atoms with Gasteiger partial charge >= 0.3 is 0 Å². The summed E-state index contributed by atoms with van der Waals surface area (Å²) in [4.78, 5) is 12.9. The molecule has 0 heterocycles. The maximum Gasteiger partial charge on any atom is 0.244 e. The third kappa shape index (κ3) is 5.32. The lowest BCUT2D eigenvalue weighted by molar-refractivity contribution is -0.122. The smallest absolute Gasteiger partial charge is 0.244 e. The highest BCUT2D eigenvalue weighted by Crippen LogP contribution is 2.23. The number of amides is 1. The molecular weight excluding hydrogens is 360 g/mol. The minimum Gasteiger partial charge on any atom is -0.347 e. The highest BCUT2D eigenvalue weighted by molar-refractivity contribution is 7.92. The van der Waals surface area contributed by atoms with Crippen LogP contribution in [0.4, 0.5) is 5.69 Å². The quantitative estimate of drug-likeness (QED) is 0.786. The number of hydrogen-bond acceptors (Lipinski definition) is 3. The molecule has 0 unspecified atom stereocenters. The normalized spacial score (nSPS) is 13.7. The minimum absolute atomic E-state index is 0.167. The number of benzene rings is 2. The van der Waals surface area contributed by atoms with Gasteiger partial charge in [0, 0.05) is 0 Å². The number of anilines is 1. The SMILES string of the molecule is CC[C@H](NC(=O)[C@H](C)N(c1cccc(C)c1)S(C)(=O)=O)c1ccc(C)cc1. The summed E-state index contributed by atoms with van der Waals surface area (Å²) < 4.78 is 26.0. The summed E-state index contributed by atoms with van der Waals surface area (Å²) in [5, 5.41) is 2.99. The maximum absolute atomic E-state index is 12.9. The summed E-state index contributed by atoms with van der Waals surface area (Å²) in [5.41, 5.74) is 3.57. The van der Waals surface area contributed by atoms with Crippen molar-refractivity contribution in [2.45, 2.75) is 46.2 Å². The zero-order chi connectivity index (χ0) is 20.2. The van der Waals surface area contributed by atoms with Crippen molar-refractivity contribution >= 4 is 21.6 Å². The molecule has 2 aromatic rings. The third-order valence-corrected chi connectivity index (χ3v) is 5.79. The van der Waals surface area contributed by atoms with Gasteiger partial charge in [-0.05, 0) is 50.5 Å². The van der Waals surface area contributed by atoms with Crippen LogP contribution in [-0.4, -0.2) is 26.6 Å². The summed E-state index contributed by atoms with van der Waals surface area (Å²) in [5.74, 6) is -0.325. The molecule has 0 aliphatic carbocycles. The number of rotatable bonds is 7. The van der Waals surface area contributed by atoms with E-state index in [-0.39, 0.29) is 11.9 Å². The van der Waals surface area contributed by atoms with E-state index in [0.29, 0.717) is 12.1 Å². The van der Waals surface area contributed by atoms with Crippen molar-refractivity contribution in [3.63, 3.8) is 0 Å². The van der Waals surface area contributed by atoms with Crippen LogP contribution in [0.3, 0.4) is 0 Å². The monoisotopic (exact) mass is 388 g/mol. The molecule has 2 aromatic carbocycles. The average molecular weight is 389 g/mol. The van der Waals surface area contributed by atoms with E-state index >= 15 is 0 Å². The fraction of sp³-hybridized carbons (Fsp3) is 0.381. The van der Waals surface area contributed by atoms with Crippen molar-refractivity contribution in [1.82, 2.24) is 5.32 Å². The van der Waals surface area contributed by atoms with E-state index in [0.717, 1.165) is 22.9 Å². The van der Waals surface area contributed by atoms with Gasteiger partial charge in [0.15, 0.2) is 0 Å². The molecule has 0 fully saturated rings. The molecule has 0 bridgehead atoms. The molecule has 5 nitrogen and oxygen atoms in total. The molecular formula is C21H28N2O3S. The number of nitrogens with zero attached hydrogens (tertiary/aromatic N) is 1. The standard InChI is InChI=1S/C21H28N2O3S/c1-6-20(18-12-10-15(2)11-13-18)22-21(24)17(4)23(27(5,25)26)19-9-7-8-16(3)14-19/h7-14,17,20H,6H2,1-5H3,(H,22,24)/t17-,20-/m0/s1. The number of hydrogen-bond donors (Lipinski definition) is 1. The van der Waals surface area contributed by atoms with Crippen LogP contribution in [0.15, 0.2) is 48.5 Å². The van der Waals surface area contributed by atoms with Crippen LogP contribution in [0.5, 0.6) is 0 Å². The Bertz CT molecular complexity index is 892. The van der Waals surface area contributed by atoms with Crippen molar-refractivity contribution in [2.24, 2.45) is 0 Å². The summed E-state index contributed by atoms with van der Waals surface area (Å²) in [7, 11) is -3.62. The van der Waals surface area contributed by atoms with Gasteiger partial charge in [0.25, 0.3) is 0 Å². The number of carbonyl (C=O) groups excluding carboxylic acids is 1. The van der Waals surface area contributed by atoms with Crippen LogP contribution in [0, 0.1) is 13.8 Å². The summed E-state index contributed by atoms with van der Waals surface area (Å²) in [6.45, 7) is 7.50. The molecule has 27 heavy (non-hydrogen) atoms. The van der Waals surface area contributed by atoms with Crippen LogP contribution in [0.2, 0.25) is 0 Å². The number of carbonyl (C=O) groups is 1. The van der Waals surface area contributed by atoms with Gasteiger partial charge in [0.1, 0.15) is 6.04 Å². The molecule has 0 spiro atoms. The Morgan fingerprint density at radius 2 is 1.70 bits per heavy atom. The predicted molar refractivity (Wildman–Crippen MR) is 110 cm³/mol.